The Kier molecular flexibility index (Phi) is 3.84. The van der Waals surface area contributed by atoms with Crippen molar-refractivity contribution in [3.8, 4) is 11.1 Å². The number of carbonyl (C=O) groups is 1. The number of likely N-dealkylation sites (N-methyl/N-ethyl adjacent to an activating group) is 1. The fourth-order valence-electron chi connectivity index (χ4n) is 2.42. The summed E-state index contributed by atoms with van der Waals surface area (Å²) in [5, 5.41) is 12.9. The lowest BCUT2D eigenvalue weighted by Crippen LogP contribution is -2.27. The summed E-state index contributed by atoms with van der Waals surface area (Å²) >= 11 is 0. The van der Waals surface area contributed by atoms with Gasteiger partial charge < -0.3 is 15.4 Å². The summed E-state index contributed by atoms with van der Waals surface area (Å²) in [6, 6.07) is 9.68. The number of carbonyl (C=O) groups excluding carboxylic acids is 1. The van der Waals surface area contributed by atoms with Gasteiger partial charge in [0, 0.05) is 25.0 Å². The third kappa shape index (κ3) is 2.44. The molecule has 6 heteroatoms. The zero-order chi connectivity index (χ0) is 15.5. The van der Waals surface area contributed by atoms with Gasteiger partial charge in [-0.1, -0.05) is 6.07 Å². The van der Waals surface area contributed by atoms with Crippen LogP contribution in [0.1, 0.15) is 5.56 Å². The monoisotopic (exact) mass is 296 g/mol. The zero-order valence-corrected chi connectivity index (χ0v) is 12.2. The van der Waals surface area contributed by atoms with Gasteiger partial charge in [0.2, 0.25) is 0 Å². The number of aliphatic hydroxyl groups is 1. The molecule has 0 bridgehead atoms. The lowest BCUT2D eigenvalue weighted by Gasteiger charge is -2.09. The number of amides is 1. The summed E-state index contributed by atoms with van der Waals surface area (Å²) in [4.78, 5) is 17.9. The van der Waals surface area contributed by atoms with Crippen LogP contribution in [0.15, 0.2) is 47.8 Å². The Morgan fingerprint density at radius 1 is 1.23 bits per heavy atom. The number of nitrogens with zero attached hydrogens (tertiary/aromatic N) is 3. The van der Waals surface area contributed by atoms with E-state index in [1.165, 1.54) is 0 Å². The molecule has 2 heterocycles. The minimum Gasteiger partial charge on any atom is -0.394 e. The highest BCUT2D eigenvalue weighted by atomic mass is 16.3. The van der Waals surface area contributed by atoms with Gasteiger partial charge in [-0.05, 0) is 35.4 Å². The van der Waals surface area contributed by atoms with Gasteiger partial charge in [0.1, 0.15) is 0 Å². The second-order valence-electron chi connectivity index (χ2n) is 4.92. The molecule has 22 heavy (non-hydrogen) atoms. The number of rotatable bonds is 4. The Bertz CT molecular complexity index is 728. The minimum atomic E-state index is -0.160. The fraction of sp³-hybridized carbons (Fsp3) is 0.188. The van der Waals surface area contributed by atoms with Crippen molar-refractivity contribution in [1.29, 1.82) is 0 Å². The molecular weight excluding hydrogens is 280 g/mol. The van der Waals surface area contributed by atoms with Crippen LogP contribution < -0.4 is 10.3 Å². The maximum atomic E-state index is 12.3. The van der Waals surface area contributed by atoms with Crippen LogP contribution in [0.4, 0.5) is 5.69 Å². The van der Waals surface area contributed by atoms with Gasteiger partial charge in [-0.3, -0.25) is 9.78 Å². The number of hydrogen-bond acceptors (Lipinski definition) is 5. The van der Waals surface area contributed by atoms with Gasteiger partial charge in [-0.2, -0.15) is 5.10 Å². The highest BCUT2D eigenvalue weighted by Crippen LogP contribution is 2.32. The van der Waals surface area contributed by atoms with Gasteiger partial charge in [-0.25, -0.2) is 0 Å². The molecule has 0 saturated carbocycles. The van der Waals surface area contributed by atoms with Crippen LogP contribution in [0.3, 0.4) is 0 Å². The quantitative estimate of drug-likeness (QED) is 0.652. The first-order valence-corrected chi connectivity index (χ1v) is 6.96. The fourth-order valence-corrected chi connectivity index (χ4v) is 2.42. The Morgan fingerprint density at radius 2 is 2.00 bits per heavy atom. The molecule has 1 aliphatic rings. The Balaban J connectivity index is 2.03. The number of nitrogens with one attached hydrogen (secondary N) is 1. The molecule has 0 radical (unpaired) electrons. The van der Waals surface area contributed by atoms with E-state index >= 15 is 0 Å². The molecule has 0 atom stereocenters. The van der Waals surface area contributed by atoms with E-state index in [-0.39, 0.29) is 12.5 Å². The van der Waals surface area contributed by atoms with Crippen molar-refractivity contribution in [1.82, 2.24) is 10.4 Å². The number of benzene rings is 1. The summed E-state index contributed by atoms with van der Waals surface area (Å²) in [5.41, 5.74) is 6.71. The molecule has 1 amide bonds. The topological polar surface area (TPSA) is 77.8 Å². The summed E-state index contributed by atoms with van der Waals surface area (Å²) in [6.07, 6.45) is 3.47. The molecule has 1 aromatic heterocycles. The first kappa shape index (κ1) is 14.2. The first-order chi connectivity index (χ1) is 10.7. The SMILES string of the molecule is CN1C(=O)C(=NNCCO)c2cc(-c3ccncc3)ccc21. The molecule has 1 aromatic carbocycles. The molecule has 0 saturated heterocycles. The molecule has 112 valence electrons. The molecule has 0 aliphatic carbocycles. The summed E-state index contributed by atoms with van der Waals surface area (Å²) in [5.74, 6) is -0.160. The van der Waals surface area contributed by atoms with Gasteiger partial charge in [0.25, 0.3) is 5.91 Å². The van der Waals surface area contributed by atoms with E-state index in [2.05, 4.69) is 15.5 Å². The van der Waals surface area contributed by atoms with Crippen molar-refractivity contribution in [2.75, 3.05) is 25.1 Å². The maximum absolute atomic E-state index is 12.3. The van der Waals surface area contributed by atoms with Crippen molar-refractivity contribution in [2.24, 2.45) is 5.10 Å². The largest absolute Gasteiger partial charge is 0.394 e. The molecule has 1 aliphatic heterocycles. The summed E-state index contributed by atoms with van der Waals surface area (Å²) < 4.78 is 0. The number of hydrogen-bond donors (Lipinski definition) is 2. The third-order valence-corrected chi connectivity index (χ3v) is 3.55. The van der Waals surface area contributed by atoms with Crippen LogP contribution in [0.2, 0.25) is 0 Å². The second kappa shape index (κ2) is 5.95. The van der Waals surface area contributed by atoms with Crippen LogP contribution in [0.25, 0.3) is 11.1 Å². The van der Waals surface area contributed by atoms with E-state index in [1.807, 2.05) is 30.3 Å². The Labute approximate surface area is 128 Å². The van der Waals surface area contributed by atoms with Gasteiger partial charge in [-0.15, -0.1) is 0 Å². The smallest absolute Gasteiger partial charge is 0.279 e. The number of fused-ring (bicyclic) bond motifs is 1. The normalized spacial score (nSPS) is 15.3. The summed E-state index contributed by atoms with van der Waals surface area (Å²) in [6.45, 7) is 0.268. The molecule has 0 unspecified atom stereocenters. The zero-order valence-electron chi connectivity index (χ0n) is 12.2. The predicted octanol–water partition coefficient (Wildman–Crippen LogP) is 1.01. The molecule has 2 aromatic rings. The van der Waals surface area contributed by atoms with E-state index in [0.717, 1.165) is 22.4 Å². The van der Waals surface area contributed by atoms with E-state index in [1.54, 1.807) is 24.3 Å². The van der Waals surface area contributed by atoms with Crippen LogP contribution >= 0.6 is 0 Å². The van der Waals surface area contributed by atoms with Crippen molar-refractivity contribution in [3.63, 3.8) is 0 Å². The molecule has 0 spiro atoms. The van der Waals surface area contributed by atoms with Crippen LogP contribution in [-0.2, 0) is 4.79 Å². The van der Waals surface area contributed by atoms with E-state index in [0.29, 0.717) is 12.3 Å². The van der Waals surface area contributed by atoms with Gasteiger partial charge >= 0.3 is 0 Å². The van der Waals surface area contributed by atoms with Gasteiger partial charge in [0.15, 0.2) is 5.71 Å². The molecular formula is C16H16N4O2. The van der Waals surface area contributed by atoms with Crippen molar-refractivity contribution < 1.29 is 9.90 Å². The highest BCUT2D eigenvalue weighted by Gasteiger charge is 2.31. The van der Waals surface area contributed by atoms with Crippen molar-refractivity contribution >= 4 is 17.3 Å². The van der Waals surface area contributed by atoms with Crippen molar-refractivity contribution in [3.05, 3.63) is 48.3 Å². The predicted molar refractivity (Wildman–Crippen MR) is 84.7 cm³/mol. The number of aliphatic hydroxyl groups excluding tert-OH is 1. The van der Waals surface area contributed by atoms with Crippen LogP contribution in [0, 0.1) is 0 Å². The Hall–Kier alpha value is -2.73. The maximum Gasteiger partial charge on any atom is 0.279 e. The van der Waals surface area contributed by atoms with Gasteiger partial charge in [0.05, 0.1) is 18.8 Å². The molecule has 0 fully saturated rings. The Morgan fingerprint density at radius 3 is 2.73 bits per heavy atom. The second-order valence-corrected chi connectivity index (χ2v) is 4.92. The minimum absolute atomic E-state index is 0.0370. The van der Waals surface area contributed by atoms with E-state index in [4.69, 9.17) is 5.11 Å². The number of aromatic nitrogens is 1. The lowest BCUT2D eigenvalue weighted by molar-refractivity contribution is -0.112. The molecule has 2 N–H and O–H groups in total. The van der Waals surface area contributed by atoms with E-state index in [9.17, 15) is 4.79 Å². The number of anilines is 1. The van der Waals surface area contributed by atoms with Crippen LogP contribution in [0.5, 0.6) is 0 Å². The third-order valence-electron chi connectivity index (χ3n) is 3.55. The molecule has 6 nitrogen and oxygen atoms in total. The standard InChI is InChI=1S/C16H16N4O2/c1-20-14-3-2-12(11-4-6-17-7-5-11)10-13(14)15(16(20)22)19-18-8-9-21/h2-7,10,18,21H,8-9H2,1H3. The average molecular weight is 296 g/mol. The van der Waals surface area contributed by atoms with Crippen LogP contribution in [-0.4, -0.2) is 41.9 Å². The van der Waals surface area contributed by atoms with E-state index < -0.39 is 0 Å². The first-order valence-electron chi connectivity index (χ1n) is 6.96. The average Bonchev–Trinajstić information content (AvgIpc) is 2.80. The number of pyridine rings is 1. The van der Waals surface area contributed by atoms with Crippen molar-refractivity contribution in [2.45, 2.75) is 0 Å². The lowest BCUT2D eigenvalue weighted by atomic mass is 10.0. The molecule has 3 rings (SSSR count). The summed E-state index contributed by atoms with van der Waals surface area (Å²) in [7, 11) is 1.72. The number of hydrazone groups is 1. The highest BCUT2D eigenvalue weighted by molar-refractivity contribution is 6.54.